The van der Waals surface area contributed by atoms with E-state index < -0.39 is 29.7 Å². The molecule has 0 bridgehead atoms. The van der Waals surface area contributed by atoms with E-state index in [0.29, 0.717) is 35.3 Å². The molecule has 1 aliphatic carbocycles. The Kier molecular flexibility index (Phi) is 9.21. The first-order valence-electron chi connectivity index (χ1n) is 18.0. The van der Waals surface area contributed by atoms with Crippen molar-refractivity contribution in [3.05, 3.63) is 74.7 Å². The highest BCUT2D eigenvalue weighted by Gasteiger charge is 2.35. The van der Waals surface area contributed by atoms with Crippen LogP contribution in [0.5, 0.6) is 0 Å². The molecule has 1 atom stereocenters. The second-order valence-corrected chi connectivity index (χ2v) is 15.4. The van der Waals surface area contributed by atoms with Crippen LogP contribution in [0.25, 0.3) is 21.9 Å². The Balaban J connectivity index is 0.854. The van der Waals surface area contributed by atoms with Gasteiger partial charge in [0.15, 0.2) is 10.7 Å². The van der Waals surface area contributed by atoms with Gasteiger partial charge in [0.25, 0.3) is 5.91 Å². The van der Waals surface area contributed by atoms with Crippen LogP contribution in [0.3, 0.4) is 0 Å². The molecule has 2 N–H and O–H groups in total. The number of hydrogen-bond acceptors (Lipinski definition) is 8. The Bertz CT molecular complexity index is 2270. The number of fused-ring (bicyclic) bond motifs is 2. The quantitative estimate of drug-likeness (QED) is 0.195. The minimum Gasteiger partial charge on any atom is -0.320 e. The van der Waals surface area contributed by atoms with Crippen molar-refractivity contribution in [3.8, 4) is 0 Å². The topological polar surface area (TPSA) is 136 Å². The zero-order chi connectivity index (χ0) is 37.0. The van der Waals surface area contributed by atoms with E-state index in [1.165, 1.54) is 0 Å². The number of likely N-dealkylation sites (tertiary alicyclic amines) is 1. The molecule has 278 valence electrons. The molecule has 2 aliphatic heterocycles. The van der Waals surface area contributed by atoms with Gasteiger partial charge in [0.1, 0.15) is 6.04 Å². The molecule has 0 radical (unpaired) electrons. The highest BCUT2D eigenvalue weighted by molar-refractivity contribution is 7.11. The van der Waals surface area contributed by atoms with Crippen molar-refractivity contribution in [1.82, 2.24) is 34.1 Å². The zero-order valence-electron chi connectivity index (χ0n) is 29.1. The number of alkyl halides is 3. The van der Waals surface area contributed by atoms with Crippen molar-refractivity contribution in [2.24, 2.45) is 13.0 Å². The summed E-state index contributed by atoms with van der Waals surface area (Å²) in [5, 5.41) is 11.3. The zero-order valence-corrected chi connectivity index (χ0v) is 29.9. The van der Waals surface area contributed by atoms with Gasteiger partial charge in [0.05, 0.1) is 22.6 Å². The number of halogens is 3. The smallest absolute Gasteiger partial charge is 0.320 e. The number of rotatable bonds is 7. The fraction of sp³-hybridized carbons (Fsp3) is 0.459. The predicted molar refractivity (Wildman–Crippen MR) is 193 cm³/mol. The van der Waals surface area contributed by atoms with Gasteiger partial charge in [-0.2, -0.15) is 18.3 Å². The lowest BCUT2D eigenvalue weighted by Crippen LogP contribution is -2.44. The summed E-state index contributed by atoms with van der Waals surface area (Å²) in [6, 6.07) is 10.8. The van der Waals surface area contributed by atoms with Crippen LogP contribution in [-0.2, 0) is 22.8 Å². The molecule has 5 aromatic rings. The second-order valence-electron chi connectivity index (χ2n) is 14.5. The van der Waals surface area contributed by atoms with E-state index in [1.807, 2.05) is 23.0 Å². The van der Waals surface area contributed by atoms with Gasteiger partial charge >= 0.3 is 11.9 Å². The first-order chi connectivity index (χ1) is 25.4. The lowest BCUT2D eigenvalue weighted by atomic mass is 9.84. The van der Waals surface area contributed by atoms with Crippen LogP contribution in [0.1, 0.15) is 90.4 Å². The predicted octanol–water partition coefficient (Wildman–Crippen LogP) is 6.01. The number of benzene rings is 2. The third-order valence-electron chi connectivity index (χ3n) is 11.2. The molecular weight excluding hydrogens is 710 g/mol. The number of carbonyl (C=O) groups is 3. The number of para-hydroxylation sites is 1. The third-order valence-corrected chi connectivity index (χ3v) is 12.0. The van der Waals surface area contributed by atoms with Gasteiger partial charge in [0.2, 0.25) is 11.8 Å². The summed E-state index contributed by atoms with van der Waals surface area (Å²) in [7, 11) is 1.76. The van der Waals surface area contributed by atoms with Gasteiger partial charge in [-0.25, -0.2) is 9.78 Å². The van der Waals surface area contributed by atoms with Gasteiger partial charge in [0, 0.05) is 42.7 Å². The molecule has 2 aromatic carbocycles. The molecule has 2 saturated heterocycles. The maximum atomic E-state index is 13.4. The maximum Gasteiger partial charge on any atom is 0.434 e. The molecule has 3 amide bonds. The minimum absolute atomic E-state index is 0.209. The Labute approximate surface area is 306 Å². The van der Waals surface area contributed by atoms with Crippen LogP contribution in [0.4, 0.5) is 18.9 Å². The largest absolute Gasteiger partial charge is 0.434 e. The van der Waals surface area contributed by atoms with Crippen LogP contribution in [0.15, 0.2) is 52.8 Å². The van der Waals surface area contributed by atoms with Gasteiger partial charge in [-0.15, -0.1) is 11.3 Å². The van der Waals surface area contributed by atoms with Crippen molar-refractivity contribution >= 4 is 56.7 Å². The van der Waals surface area contributed by atoms with E-state index >= 15 is 0 Å². The van der Waals surface area contributed by atoms with E-state index in [1.54, 1.807) is 34.4 Å². The van der Waals surface area contributed by atoms with E-state index in [2.05, 4.69) is 26.6 Å². The second kappa shape index (κ2) is 13.9. The Morgan fingerprint density at radius 2 is 1.79 bits per heavy atom. The normalized spacial score (nSPS) is 22.1. The minimum atomic E-state index is -4.60. The number of carbonyl (C=O) groups excluding carboxylic acids is 3. The molecule has 3 fully saturated rings. The number of nitrogens with zero attached hydrogens (tertiary/aromatic N) is 6. The number of thiazole rings is 1. The molecule has 5 heterocycles. The molecular formula is C37H39F3N8O4S. The lowest BCUT2D eigenvalue weighted by molar-refractivity contribution is -0.141. The maximum absolute atomic E-state index is 13.4. The van der Waals surface area contributed by atoms with Crippen LogP contribution in [0, 0.1) is 5.92 Å². The molecule has 16 heteroatoms. The summed E-state index contributed by atoms with van der Waals surface area (Å²) >= 11 is 0.655. The van der Waals surface area contributed by atoms with E-state index in [4.69, 9.17) is 5.10 Å². The first-order valence-corrected chi connectivity index (χ1v) is 18.9. The number of imide groups is 1. The van der Waals surface area contributed by atoms with Crippen LogP contribution in [0.2, 0.25) is 0 Å². The van der Waals surface area contributed by atoms with Crippen molar-refractivity contribution in [2.75, 3.05) is 25.0 Å². The number of amides is 3. The molecule has 3 aromatic heterocycles. The van der Waals surface area contributed by atoms with E-state index in [-0.39, 0.29) is 29.1 Å². The summed E-state index contributed by atoms with van der Waals surface area (Å²) in [6.45, 7) is 2.98. The highest BCUT2D eigenvalue weighted by atomic mass is 32.1. The summed E-state index contributed by atoms with van der Waals surface area (Å²) < 4.78 is 44.0. The average molecular weight is 749 g/mol. The van der Waals surface area contributed by atoms with Crippen molar-refractivity contribution < 1.29 is 27.6 Å². The average Bonchev–Trinajstić information content (AvgIpc) is 3.87. The molecule has 53 heavy (non-hydrogen) atoms. The van der Waals surface area contributed by atoms with Gasteiger partial charge in [-0.1, -0.05) is 12.1 Å². The number of aryl methyl sites for hydroxylation is 1. The lowest BCUT2D eigenvalue weighted by Gasteiger charge is -2.37. The molecule has 1 unspecified atom stereocenters. The number of nitrogens with one attached hydrogen (secondary N) is 2. The molecule has 8 rings (SSSR count). The Morgan fingerprint density at radius 1 is 1.02 bits per heavy atom. The van der Waals surface area contributed by atoms with Crippen LogP contribution >= 0.6 is 11.3 Å². The fourth-order valence-electron chi connectivity index (χ4n) is 8.41. The Morgan fingerprint density at radius 3 is 2.51 bits per heavy atom. The molecule has 0 spiro atoms. The SMILES string of the molecule is Cn1c(=O)n(C2CCC(=O)NC2=O)c2cccc(C3CCN(CC4CCC(n5cc6cc(NC(=O)c7nc(C(F)(F)F)cs7)ccc6n5)CC4)CC3)c21. The van der Waals surface area contributed by atoms with Crippen molar-refractivity contribution in [3.63, 3.8) is 0 Å². The van der Waals surface area contributed by atoms with E-state index in [9.17, 15) is 32.3 Å². The fourth-order valence-corrected chi connectivity index (χ4v) is 9.13. The van der Waals surface area contributed by atoms with E-state index in [0.717, 1.165) is 91.0 Å². The number of hydrogen-bond donors (Lipinski definition) is 2. The molecule has 1 saturated carbocycles. The number of piperidine rings is 2. The van der Waals surface area contributed by atoms with Gasteiger partial charge in [-0.3, -0.25) is 33.5 Å². The molecule has 3 aliphatic rings. The summed E-state index contributed by atoms with van der Waals surface area (Å²) in [5.41, 5.74) is 2.66. The monoisotopic (exact) mass is 748 g/mol. The summed E-state index contributed by atoms with van der Waals surface area (Å²) in [5.74, 6) is -0.536. The third kappa shape index (κ3) is 6.89. The van der Waals surface area contributed by atoms with Crippen molar-refractivity contribution in [2.45, 2.75) is 75.5 Å². The molecule has 12 nitrogen and oxygen atoms in total. The number of anilines is 1. The van der Waals surface area contributed by atoms with Crippen LogP contribution in [-0.4, -0.2) is 66.2 Å². The standard InChI is InChI=1S/C37H39F3N8O4S/c1-45-32-26(3-2-4-28(32)48(36(45)52)29-11-12-31(49)43-33(29)50)22-13-15-46(16-14-22)18-21-5-8-25(9-6-21)47-19-23-17-24(7-10-27(23)44-47)41-34(51)35-42-30(20-53-35)37(38,39)40/h2-4,7,10,17,19-22,25,29H,5-6,8-9,11-16,18H2,1H3,(H,41,51)(H,43,49,50). The van der Waals surface area contributed by atoms with Crippen LogP contribution < -0.4 is 16.3 Å². The van der Waals surface area contributed by atoms with Gasteiger partial charge < -0.3 is 10.2 Å². The number of aromatic nitrogens is 5. The van der Waals surface area contributed by atoms with Gasteiger partial charge in [-0.05, 0) is 99.7 Å². The first kappa shape index (κ1) is 35.2. The highest BCUT2D eigenvalue weighted by Crippen LogP contribution is 2.37. The summed E-state index contributed by atoms with van der Waals surface area (Å²) in [4.78, 5) is 56.4. The summed E-state index contributed by atoms with van der Waals surface area (Å²) in [6.07, 6.45) is 4.04. The Hall–Kier alpha value is -4.83. The number of imidazole rings is 1. The van der Waals surface area contributed by atoms with Crippen molar-refractivity contribution in [1.29, 1.82) is 0 Å².